The minimum absolute atomic E-state index is 0.130. The Bertz CT molecular complexity index is 585. The molecule has 0 aliphatic carbocycles. The summed E-state index contributed by atoms with van der Waals surface area (Å²) in [5.74, 6) is 0.808. The molecule has 2 rings (SSSR count). The van der Waals surface area contributed by atoms with Crippen LogP contribution in [0.25, 0.3) is 11.1 Å². The molecule has 0 saturated carbocycles. The largest absolute Gasteiger partial charge is 0.441 e. The average Bonchev–Trinajstić information content (AvgIpc) is 2.67. The SMILES string of the molecule is CC(C)(C)NCCc1nc2cc(C(C)(C)C)ccc2o1. The average molecular weight is 274 g/mol. The summed E-state index contributed by atoms with van der Waals surface area (Å²) in [6, 6.07) is 6.30. The van der Waals surface area contributed by atoms with Gasteiger partial charge in [-0.3, -0.25) is 0 Å². The second-order valence-electron chi connectivity index (χ2n) is 7.47. The Morgan fingerprint density at radius 2 is 1.80 bits per heavy atom. The lowest BCUT2D eigenvalue weighted by Gasteiger charge is -2.19. The summed E-state index contributed by atoms with van der Waals surface area (Å²) in [4.78, 5) is 4.60. The smallest absolute Gasteiger partial charge is 0.196 e. The fraction of sp³-hybridized carbons (Fsp3) is 0.588. The summed E-state index contributed by atoms with van der Waals surface area (Å²) < 4.78 is 5.80. The van der Waals surface area contributed by atoms with Gasteiger partial charge in [-0.15, -0.1) is 0 Å². The highest BCUT2D eigenvalue weighted by Crippen LogP contribution is 2.26. The molecule has 3 heteroatoms. The topological polar surface area (TPSA) is 38.1 Å². The molecule has 1 heterocycles. The van der Waals surface area contributed by atoms with Crippen LogP contribution in [-0.2, 0) is 11.8 Å². The van der Waals surface area contributed by atoms with Crippen LogP contribution in [0.3, 0.4) is 0 Å². The van der Waals surface area contributed by atoms with Crippen LogP contribution in [0.5, 0.6) is 0 Å². The van der Waals surface area contributed by atoms with Gasteiger partial charge in [0, 0.05) is 18.5 Å². The number of fused-ring (bicyclic) bond motifs is 1. The van der Waals surface area contributed by atoms with E-state index in [4.69, 9.17) is 4.42 Å². The van der Waals surface area contributed by atoms with E-state index in [9.17, 15) is 0 Å². The molecule has 0 spiro atoms. The van der Waals surface area contributed by atoms with Gasteiger partial charge in [-0.2, -0.15) is 0 Å². The standard InChI is InChI=1S/C17H26N2O/c1-16(2,3)12-7-8-14-13(11-12)19-15(20-14)9-10-18-17(4,5)6/h7-8,11,18H,9-10H2,1-6H3. The van der Waals surface area contributed by atoms with E-state index in [0.717, 1.165) is 30.0 Å². The van der Waals surface area contributed by atoms with Crippen molar-refractivity contribution < 1.29 is 4.42 Å². The Morgan fingerprint density at radius 1 is 1.10 bits per heavy atom. The second-order valence-corrected chi connectivity index (χ2v) is 7.47. The lowest BCUT2D eigenvalue weighted by Crippen LogP contribution is -2.37. The number of hydrogen-bond donors (Lipinski definition) is 1. The highest BCUT2D eigenvalue weighted by atomic mass is 16.3. The predicted molar refractivity (Wildman–Crippen MR) is 84.2 cm³/mol. The van der Waals surface area contributed by atoms with Gasteiger partial charge in [-0.05, 0) is 43.9 Å². The van der Waals surface area contributed by atoms with Crippen LogP contribution >= 0.6 is 0 Å². The highest BCUT2D eigenvalue weighted by molar-refractivity contribution is 5.73. The number of hydrogen-bond acceptors (Lipinski definition) is 3. The third kappa shape index (κ3) is 3.83. The van der Waals surface area contributed by atoms with E-state index in [2.05, 4.69) is 64.0 Å². The van der Waals surface area contributed by atoms with Gasteiger partial charge in [0.1, 0.15) is 5.52 Å². The summed E-state index contributed by atoms with van der Waals surface area (Å²) in [5, 5.41) is 3.45. The van der Waals surface area contributed by atoms with E-state index in [1.54, 1.807) is 0 Å². The van der Waals surface area contributed by atoms with Crippen LogP contribution in [0.15, 0.2) is 22.6 Å². The maximum Gasteiger partial charge on any atom is 0.196 e. The number of aromatic nitrogens is 1. The zero-order chi connectivity index (χ0) is 15.0. The normalized spacial score (nSPS) is 13.1. The quantitative estimate of drug-likeness (QED) is 0.917. The molecule has 1 aromatic carbocycles. The minimum atomic E-state index is 0.130. The van der Waals surface area contributed by atoms with E-state index >= 15 is 0 Å². The van der Waals surface area contributed by atoms with Gasteiger partial charge in [-0.25, -0.2) is 4.98 Å². The molecule has 0 unspecified atom stereocenters. The van der Waals surface area contributed by atoms with E-state index in [1.165, 1.54) is 5.56 Å². The second kappa shape index (κ2) is 5.21. The molecule has 0 fully saturated rings. The zero-order valence-electron chi connectivity index (χ0n) is 13.5. The Balaban J connectivity index is 2.13. The first kappa shape index (κ1) is 15.0. The third-order valence-electron chi connectivity index (χ3n) is 3.29. The van der Waals surface area contributed by atoms with Crippen LogP contribution in [0.4, 0.5) is 0 Å². The molecule has 0 aliphatic rings. The van der Waals surface area contributed by atoms with Crippen LogP contribution in [-0.4, -0.2) is 17.1 Å². The van der Waals surface area contributed by atoms with Crippen molar-refractivity contribution in [2.24, 2.45) is 0 Å². The molecule has 1 N–H and O–H groups in total. The number of benzene rings is 1. The van der Waals surface area contributed by atoms with E-state index in [1.807, 2.05) is 6.07 Å². The molecule has 1 aromatic heterocycles. The van der Waals surface area contributed by atoms with Gasteiger partial charge in [0.05, 0.1) is 0 Å². The minimum Gasteiger partial charge on any atom is -0.441 e. The van der Waals surface area contributed by atoms with Gasteiger partial charge < -0.3 is 9.73 Å². The molecule has 0 saturated heterocycles. The first-order chi connectivity index (χ1) is 9.15. The van der Waals surface area contributed by atoms with Crippen LogP contribution < -0.4 is 5.32 Å². The third-order valence-corrected chi connectivity index (χ3v) is 3.29. The van der Waals surface area contributed by atoms with Gasteiger partial charge in [0.15, 0.2) is 11.5 Å². The van der Waals surface area contributed by atoms with Crippen LogP contribution in [0.1, 0.15) is 53.0 Å². The van der Waals surface area contributed by atoms with Crippen LogP contribution in [0, 0.1) is 0 Å². The number of oxazole rings is 1. The van der Waals surface area contributed by atoms with Crippen molar-refractivity contribution in [3.8, 4) is 0 Å². The molecule has 110 valence electrons. The van der Waals surface area contributed by atoms with E-state index in [-0.39, 0.29) is 11.0 Å². The summed E-state index contributed by atoms with van der Waals surface area (Å²) in [6.07, 6.45) is 0.816. The van der Waals surface area contributed by atoms with Crippen molar-refractivity contribution in [2.45, 2.75) is 58.9 Å². The molecule has 20 heavy (non-hydrogen) atoms. The van der Waals surface area contributed by atoms with Crippen molar-refractivity contribution in [3.63, 3.8) is 0 Å². The first-order valence-electron chi connectivity index (χ1n) is 7.30. The summed E-state index contributed by atoms with van der Waals surface area (Å²) in [5.41, 5.74) is 3.40. The Labute approximate surface area is 121 Å². The molecule has 0 bridgehead atoms. The Kier molecular flexibility index (Phi) is 3.92. The molecule has 0 atom stereocenters. The van der Waals surface area contributed by atoms with Crippen molar-refractivity contribution in [2.75, 3.05) is 6.54 Å². The lowest BCUT2D eigenvalue weighted by atomic mass is 9.87. The molecule has 2 aromatic rings. The van der Waals surface area contributed by atoms with Gasteiger partial charge in [0.25, 0.3) is 0 Å². The molecular formula is C17H26N2O. The summed E-state index contributed by atoms with van der Waals surface area (Å²) >= 11 is 0. The molecule has 0 radical (unpaired) electrons. The molecule has 0 aliphatic heterocycles. The molecule has 0 amide bonds. The number of nitrogens with one attached hydrogen (secondary N) is 1. The molecular weight excluding hydrogens is 248 g/mol. The number of rotatable bonds is 3. The maximum absolute atomic E-state index is 5.80. The van der Waals surface area contributed by atoms with Crippen molar-refractivity contribution >= 4 is 11.1 Å². The van der Waals surface area contributed by atoms with Crippen molar-refractivity contribution in [3.05, 3.63) is 29.7 Å². The van der Waals surface area contributed by atoms with Crippen molar-refractivity contribution in [1.29, 1.82) is 0 Å². The summed E-state index contributed by atoms with van der Waals surface area (Å²) in [7, 11) is 0. The summed E-state index contributed by atoms with van der Waals surface area (Å²) in [6.45, 7) is 14.0. The fourth-order valence-electron chi connectivity index (χ4n) is 2.09. The zero-order valence-corrected chi connectivity index (χ0v) is 13.5. The van der Waals surface area contributed by atoms with Gasteiger partial charge in [-0.1, -0.05) is 26.8 Å². The van der Waals surface area contributed by atoms with Gasteiger partial charge >= 0.3 is 0 Å². The monoisotopic (exact) mass is 274 g/mol. The van der Waals surface area contributed by atoms with E-state index in [0.29, 0.717) is 0 Å². The van der Waals surface area contributed by atoms with Crippen LogP contribution in [0.2, 0.25) is 0 Å². The van der Waals surface area contributed by atoms with E-state index < -0.39 is 0 Å². The first-order valence-corrected chi connectivity index (χ1v) is 7.30. The fourth-order valence-corrected chi connectivity index (χ4v) is 2.09. The predicted octanol–water partition coefficient (Wildman–Crippen LogP) is 4.06. The molecule has 3 nitrogen and oxygen atoms in total. The Hall–Kier alpha value is -1.35. The van der Waals surface area contributed by atoms with Crippen molar-refractivity contribution in [1.82, 2.24) is 10.3 Å². The number of nitrogens with zero attached hydrogens (tertiary/aromatic N) is 1. The Morgan fingerprint density at radius 3 is 2.40 bits per heavy atom. The van der Waals surface area contributed by atoms with Gasteiger partial charge in [0.2, 0.25) is 0 Å². The highest BCUT2D eigenvalue weighted by Gasteiger charge is 2.16. The lowest BCUT2D eigenvalue weighted by molar-refractivity contribution is 0.414. The maximum atomic E-state index is 5.80.